The number of hydrogen-bond donors (Lipinski definition) is 1. The Morgan fingerprint density at radius 3 is 2.71 bits per heavy atom. The number of nitrogens with zero attached hydrogens (tertiary/aromatic N) is 1. The fourth-order valence-electron chi connectivity index (χ4n) is 2.40. The van der Waals surface area contributed by atoms with Gasteiger partial charge in [0.2, 0.25) is 0 Å². The SMILES string of the molecule is COC(C)(C)CN1CCC(CNCC(C)C)C1. The Kier molecular flexibility index (Phi) is 5.90. The van der Waals surface area contributed by atoms with Crippen LogP contribution in [-0.4, -0.2) is 50.3 Å². The molecule has 0 bridgehead atoms. The van der Waals surface area contributed by atoms with Crippen LogP contribution in [0.4, 0.5) is 0 Å². The summed E-state index contributed by atoms with van der Waals surface area (Å²) in [6.07, 6.45) is 1.32. The molecule has 102 valence electrons. The zero-order valence-corrected chi connectivity index (χ0v) is 12.3. The highest BCUT2D eigenvalue weighted by molar-refractivity contribution is 4.82. The third kappa shape index (κ3) is 5.84. The van der Waals surface area contributed by atoms with Gasteiger partial charge in [-0.05, 0) is 51.7 Å². The van der Waals surface area contributed by atoms with Crippen molar-refractivity contribution in [2.75, 3.05) is 39.8 Å². The van der Waals surface area contributed by atoms with Gasteiger partial charge in [0.05, 0.1) is 5.60 Å². The lowest BCUT2D eigenvalue weighted by atomic mass is 10.1. The number of likely N-dealkylation sites (tertiary alicyclic amines) is 1. The molecule has 0 saturated carbocycles. The summed E-state index contributed by atoms with van der Waals surface area (Å²) < 4.78 is 5.49. The van der Waals surface area contributed by atoms with Gasteiger partial charge in [-0.3, -0.25) is 0 Å². The van der Waals surface area contributed by atoms with E-state index >= 15 is 0 Å². The minimum Gasteiger partial charge on any atom is -0.377 e. The molecule has 1 aliphatic rings. The Bertz CT molecular complexity index is 216. The van der Waals surface area contributed by atoms with E-state index in [1.54, 1.807) is 7.11 Å². The van der Waals surface area contributed by atoms with E-state index in [-0.39, 0.29) is 5.60 Å². The molecule has 0 aromatic carbocycles. The molecule has 1 atom stereocenters. The minimum atomic E-state index is -0.0136. The Hall–Kier alpha value is -0.120. The van der Waals surface area contributed by atoms with Crippen LogP contribution in [-0.2, 0) is 4.74 Å². The molecular weight excluding hydrogens is 212 g/mol. The van der Waals surface area contributed by atoms with Gasteiger partial charge in [0, 0.05) is 20.2 Å². The van der Waals surface area contributed by atoms with Crippen molar-refractivity contribution in [1.82, 2.24) is 10.2 Å². The number of ether oxygens (including phenoxy) is 1. The minimum absolute atomic E-state index is 0.0136. The molecule has 1 aliphatic heterocycles. The van der Waals surface area contributed by atoms with E-state index in [1.165, 1.54) is 26.1 Å². The molecule has 1 rings (SSSR count). The third-order valence-corrected chi connectivity index (χ3v) is 3.51. The van der Waals surface area contributed by atoms with Crippen LogP contribution in [0.25, 0.3) is 0 Å². The van der Waals surface area contributed by atoms with Crippen molar-refractivity contribution in [3.8, 4) is 0 Å². The molecule has 0 aliphatic carbocycles. The molecule has 1 heterocycles. The number of nitrogens with one attached hydrogen (secondary N) is 1. The molecule has 17 heavy (non-hydrogen) atoms. The van der Waals surface area contributed by atoms with Crippen LogP contribution in [0.5, 0.6) is 0 Å². The topological polar surface area (TPSA) is 24.5 Å². The predicted octanol–water partition coefficient (Wildman–Crippen LogP) is 1.98. The second kappa shape index (κ2) is 6.72. The smallest absolute Gasteiger partial charge is 0.0749 e. The van der Waals surface area contributed by atoms with E-state index < -0.39 is 0 Å². The molecule has 1 saturated heterocycles. The standard InChI is InChI=1S/C14H30N2O/c1-12(2)8-15-9-13-6-7-16(10-13)11-14(3,4)17-5/h12-13,15H,6-11H2,1-5H3. The molecule has 1 N–H and O–H groups in total. The molecular formula is C14H30N2O. The Morgan fingerprint density at radius 1 is 1.41 bits per heavy atom. The molecule has 0 spiro atoms. The molecule has 3 nitrogen and oxygen atoms in total. The van der Waals surface area contributed by atoms with Gasteiger partial charge in [-0.2, -0.15) is 0 Å². The summed E-state index contributed by atoms with van der Waals surface area (Å²) in [6.45, 7) is 14.6. The van der Waals surface area contributed by atoms with Crippen LogP contribution in [0.3, 0.4) is 0 Å². The van der Waals surface area contributed by atoms with Gasteiger partial charge in [-0.25, -0.2) is 0 Å². The van der Waals surface area contributed by atoms with Crippen LogP contribution in [0.2, 0.25) is 0 Å². The van der Waals surface area contributed by atoms with Crippen LogP contribution in [0, 0.1) is 11.8 Å². The maximum atomic E-state index is 5.49. The van der Waals surface area contributed by atoms with Gasteiger partial charge < -0.3 is 15.0 Å². The molecule has 0 amide bonds. The normalized spacial score (nSPS) is 22.6. The Labute approximate surface area is 107 Å². The summed E-state index contributed by atoms with van der Waals surface area (Å²) in [5, 5.41) is 3.57. The average Bonchev–Trinajstić information content (AvgIpc) is 2.64. The highest BCUT2D eigenvalue weighted by atomic mass is 16.5. The number of methoxy groups -OCH3 is 1. The van der Waals surface area contributed by atoms with Crippen LogP contribution in [0.15, 0.2) is 0 Å². The van der Waals surface area contributed by atoms with E-state index in [0.717, 1.165) is 24.9 Å². The number of rotatable bonds is 7. The maximum absolute atomic E-state index is 5.49. The van der Waals surface area contributed by atoms with E-state index in [2.05, 4.69) is 37.9 Å². The highest BCUT2D eigenvalue weighted by Crippen LogP contribution is 2.19. The van der Waals surface area contributed by atoms with Crippen molar-refractivity contribution >= 4 is 0 Å². The van der Waals surface area contributed by atoms with Crippen LogP contribution in [0.1, 0.15) is 34.1 Å². The Balaban J connectivity index is 2.19. The first-order valence-electron chi connectivity index (χ1n) is 6.91. The van der Waals surface area contributed by atoms with Crippen molar-refractivity contribution < 1.29 is 4.74 Å². The fourth-order valence-corrected chi connectivity index (χ4v) is 2.40. The summed E-state index contributed by atoms with van der Waals surface area (Å²) in [6, 6.07) is 0. The lowest BCUT2D eigenvalue weighted by Crippen LogP contribution is -2.39. The quantitative estimate of drug-likeness (QED) is 0.739. The van der Waals surface area contributed by atoms with Crippen molar-refractivity contribution in [2.45, 2.75) is 39.7 Å². The first-order chi connectivity index (χ1) is 7.93. The second-order valence-electron chi connectivity index (χ2n) is 6.41. The van der Waals surface area contributed by atoms with E-state index in [0.29, 0.717) is 0 Å². The molecule has 0 aromatic heterocycles. The van der Waals surface area contributed by atoms with Gasteiger partial charge in [0.1, 0.15) is 0 Å². The second-order valence-corrected chi connectivity index (χ2v) is 6.41. The van der Waals surface area contributed by atoms with Crippen molar-refractivity contribution in [3.05, 3.63) is 0 Å². The summed E-state index contributed by atoms with van der Waals surface area (Å²) in [5.41, 5.74) is -0.0136. The summed E-state index contributed by atoms with van der Waals surface area (Å²) >= 11 is 0. The predicted molar refractivity (Wildman–Crippen MR) is 73.3 cm³/mol. The molecule has 1 fully saturated rings. The lowest BCUT2D eigenvalue weighted by molar-refractivity contribution is -0.00318. The highest BCUT2D eigenvalue weighted by Gasteiger charge is 2.27. The number of hydrogen-bond acceptors (Lipinski definition) is 3. The van der Waals surface area contributed by atoms with E-state index in [9.17, 15) is 0 Å². The van der Waals surface area contributed by atoms with Crippen LogP contribution < -0.4 is 5.32 Å². The Morgan fingerprint density at radius 2 is 2.12 bits per heavy atom. The zero-order chi connectivity index (χ0) is 12.9. The maximum Gasteiger partial charge on any atom is 0.0749 e. The summed E-state index contributed by atoms with van der Waals surface area (Å²) in [4.78, 5) is 2.53. The first-order valence-corrected chi connectivity index (χ1v) is 6.91. The largest absolute Gasteiger partial charge is 0.377 e. The van der Waals surface area contributed by atoms with E-state index in [1.807, 2.05) is 0 Å². The van der Waals surface area contributed by atoms with Crippen LogP contribution >= 0.6 is 0 Å². The fraction of sp³-hybridized carbons (Fsp3) is 1.00. The van der Waals surface area contributed by atoms with Gasteiger partial charge in [0.25, 0.3) is 0 Å². The molecule has 1 unspecified atom stereocenters. The summed E-state index contributed by atoms with van der Waals surface area (Å²) in [7, 11) is 1.80. The van der Waals surface area contributed by atoms with Gasteiger partial charge in [0.15, 0.2) is 0 Å². The monoisotopic (exact) mass is 242 g/mol. The zero-order valence-electron chi connectivity index (χ0n) is 12.3. The van der Waals surface area contributed by atoms with E-state index in [4.69, 9.17) is 4.74 Å². The van der Waals surface area contributed by atoms with Gasteiger partial charge >= 0.3 is 0 Å². The average molecular weight is 242 g/mol. The van der Waals surface area contributed by atoms with Crippen molar-refractivity contribution in [3.63, 3.8) is 0 Å². The van der Waals surface area contributed by atoms with Crippen molar-refractivity contribution in [1.29, 1.82) is 0 Å². The lowest BCUT2D eigenvalue weighted by Gasteiger charge is -2.28. The molecule has 3 heteroatoms. The van der Waals surface area contributed by atoms with Crippen molar-refractivity contribution in [2.24, 2.45) is 11.8 Å². The first kappa shape index (κ1) is 14.9. The summed E-state index contributed by atoms with van der Waals surface area (Å²) in [5.74, 6) is 1.57. The molecule has 0 aromatic rings. The molecule has 0 radical (unpaired) electrons. The van der Waals surface area contributed by atoms with Gasteiger partial charge in [-0.15, -0.1) is 0 Å². The van der Waals surface area contributed by atoms with Gasteiger partial charge in [-0.1, -0.05) is 13.8 Å². The third-order valence-electron chi connectivity index (χ3n) is 3.51.